The first-order valence-electron chi connectivity index (χ1n) is 6.98. The third kappa shape index (κ3) is 2.62. The van der Waals surface area contributed by atoms with Gasteiger partial charge in [-0.15, -0.1) is 0 Å². The van der Waals surface area contributed by atoms with Gasteiger partial charge in [-0.2, -0.15) is 0 Å². The average molecular weight is 259 g/mol. The van der Waals surface area contributed by atoms with Gasteiger partial charge in [-0.05, 0) is 35.8 Å². The van der Waals surface area contributed by atoms with Crippen molar-refractivity contribution in [3.8, 4) is 0 Å². The van der Waals surface area contributed by atoms with E-state index in [0.29, 0.717) is 0 Å². The molecule has 3 aromatic rings. The molecule has 1 heteroatoms. The number of allylic oxidation sites excluding steroid dienone is 1. The molecule has 0 saturated heterocycles. The number of pyridine rings is 1. The van der Waals surface area contributed by atoms with Gasteiger partial charge in [0.15, 0.2) is 0 Å². The van der Waals surface area contributed by atoms with E-state index in [1.165, 1.54) is 16.5 Å². The van der Waals surface area contributed by atoms with Gasteiger partial charge in [-0.1, -0.05) is 61.5 Å². The number of rotatable bonds is 3. The van der Waals surface area contributed by atoms with Gasteiger partial charge < -0.3 is 0 Å². The third-order valence-electron chi connectivity index (χ3n) is 3.47. The number of aromatic nitrogens is 1. The van der Waals surface area contributed by atoms with E-state index in [0.717, 1.165) is 17.6 Å². The Kier molecular flexibility index (Phi) is 3.60. The molecule has 1 nitrogen and oxygen atoms in total. The van der Waals surface area contributed by atoms with Crippen molar-refractivity contribution in [1.29, 1.82) is 0 Å². The molecule has 0 aliphatic rings. The Balaban J connectivity index is 2.03. The fourth-order valence-corrected chi connectivity index (χ4v) is 2.38. The Labute approximate surface area is 119 Å². The molecule has 0 aliphatic heterocycles. The van der Waals surface area contributed by atoms with Crippen LogP contribution in [0.4, 0.5) is 0 Å². The van der Waals surface area contributed by atoms with E-state index in [-0.39, 0.29) is 0 Å². The first-order chi connectivity index (χ1) is 9.86. The predicted octanol–water partition coefficient (Wildman–Crippen LogP) is 5.19. The van der Waals surface area contributed by atoms with Gasteiger partial charge in [0, 0.05) is 5.39 Å². The third-order valence-corrected chi connectivity index (χ3v) is 3.47. The molecule has 0 aliphatic carbocycles. The summed E-state index contributed by atoms with van der Waals surface area (Å²) in [5.74, 6) is 0. The van der Waals surface area contributed by atoms with Crippen molar-refractivity contribution >= 4 is 22.6 Å². The van der Waals surface area contributed by atoms with Crippen LogP contribution in [-0.2, 0) is 0 Å². The number of hydrogen-bond acceptors (Lipinski definition) is 1. The van der Waals surface area contributed by atoms with Crippen LogP contribution in [0.2, 0.25) is 0 Å². The second-order valence-corrected chi connectivity index (χ2v) is 4.82. The second kappa shape index (κ2) is 5.70. The van der Waals surface area contributed by atoms with Gasteiger partial charge in [-0.25, -0.2) is 4.98 Å². The van der Waals surface area contributed by atoms with Crippen molar-refractivity contribution in [2.75, 3.05) is 0 Å². The lowest BCUT2D eigenvalue weighted by Gasteiger charge is -2.05. The average Bonchev–Trinajstić information content (AvgIpc) is 2.53. The lowest BCUT2D eigenvalue weighted by molar-refractivity contribution is 1.24. The van der Waals surface area contributed by atoms with Crippen molar-refractivity contribution in [3.05, 3.63) is 78.0 Å². The minimum Gasteiger partial charge on any atom is -0.248 e. The van der Waals surface area contributed by atoms with Gasteiger partial charge in [0.25, 0.3) is 0 Å². The maximum absolute atomic E-state index is 4.71. The van der Waals surface area contributed by atoms with Crippen LogP contribution in [0.1, 0.15) is 24.6 Å². The van der Waals surface area contributed by atoms with Crippen LogP contribution in [0.15, 0.2) is 66.7 Å². The second-order valence-electron chi connectivity index (χ2n) is 4.82. The quantitative estimate of drug-likeness (QED) is 0.631. The van der Waals surface area contributed by atoms with Gasteiger partial charge >= 0.3 is 0 Å². The molecule has 2 aromatic carbocycles. The molecule has 0 fully saturated rings. The van der Waals surface area contributed by atoms with Crippen LogP contribution < -0.4 is 0 Å². The van der Waals surface area contributed by atoms with Crippen molar-refractivity contribution < 1.29 is 0 Å². The van der Waals surface area contributed by atoms with Gasteiger partial charge in [0.1, 0.15) is 0 Å². The van der Waals surface area contributed by atoms with Crippen LogP contribution in [0.3, 0.4) is 0 Å². The van der Waals surface area contributed by atoms with Gasteiger partial charge in [0.2, 0.25) is 0 Å². The Morgan fingerprint density at radius 3 is 2.45 bits per heavy atom. The van der Waals surface area contributed by atoms with Crippen molar-refractivity contribution in [1.82, 2.24) is 4.98 Å². The highest BCUT2D eigenvalue weighted by Gasteiger charge is 2.00. The number of para-hydroxylation sites is 1. The molecule has 0 radical (unpaired) electrons. The normalized spacial score (nSPS) is 11.8. The largest absolute Gasteiger partial charge is 0.248 e. The molecule has 0 unspecified atom stereocenters. The minimum absolute atomic E-state index is 0.999. The SMILES string of the molecule is CC/C(=C\c1ccc2ccccc2n1)c1ccccc1. The Bertz CT molecular complexity index is 742. The summed E-state index contributed by atoms with van der Waals surface area (Å²) < 4.78 is 0. The Hall–Kier alpha value is -2.41. The molecule has 98 valence electrons. The van der Waals surface area contributed by atoms with E-state index in [1.54, 1.807) is 0 Å². The number of nitrogens with zero attached hydrogens (tertiary/aromatic N) is 1. The lowest BCUT2D eigenvalue weighted by atomic mass is 10.0. The molecule has 0 spiro atoms. The molecule has 0 bridgehead atoms. The topological polar surface area (TPSA) is 12.9 Å². The van der Waals surface area contributed by atoms with E-state index in [2.05, 4.69) is 61.5 Å². The first-order valence-corrected chi connectivity index (χ1v) is 6.98. The zero-order valence-corrected chi connectivity index (χ0v) is 11.6. The minimum atomic E-state index is 0.999. The molecule has 0 atom stereocenters. The van der Waals surface area contributed by atoms with Crippen LogP contribution in [-0.4, -0.2) is 4.98 Å². The highest BCUT2D eigenvalue weighted by atomic mass is 14.7. The fourth-order valence-electron chi connectivity index (χ4n) is 2.38. The summed E-state index contributed by atoms with van der Waals surface area (Å²) in [5.41, 5.74) is 4.65. The standard InChI is InChI=1S/C19H17N/c1-2-15(16-8-4-3-5-9-16)14-18-13-12-17-10-6-7-11-19(17)20-18/h3-14H,2H2,1H3/b15-14+. The molecular formula is C19H17N. The summed E-state index contributed by atoms with van der Waals surface area (Å²) in [4.78, 5) is 4.71. The molecule has 3 rings (SSSR count). The summed E-state index contributed by atoms with van der Waals surface area (Å²) in [6.07, 6.45) is 3.18. The van der Waals surface area contributed by atoms with Crippen molar-refractivity contribution in [2.45, 2.75) is 13.3 Å². The van der Waals surface area contributed by atoms with Crippen LogP contribution >= 0.6 is 0 Å². The maximum Gasteiger partial charge on any atom is 0.0709 e. The van der Waals surface area contributed by atoms with Crippen molar-refractivity contribution in [2.24, 2.45) is 0 Å². The first kappa shape index (κ1) is 12.6. The number of fused-ring (bicyclic) bond motifs is 1. The molecular weight excluding hydrogens is 242 g/mol. The molecule has 0 N–H and O–H groups in total. The Morgan fingerprint density at radius 1 is 0.900 bits per heavy atom. The van der Waals surface area contributed by atoms with Crippen LogP contribution in [0.25, 0.3) is 22.6 Å². The van der Waals surface area contributed by atoms with E-state index >= 15 is 0 Å². The van der Waals surface area contributed by atoms with Crippen LogP contribution in [0, 0.1) is 0 Å². The zero-order valence-electron chi connectivity index (χ0n) is 11.6. The predicted molar refractivity (Wildman–Crippen MR) is 86.3 cm³/mol. The zero-order chi connectivity index (χ0) is 13.8. The van der Waals surface area contributed by atoms with E-state index in [9.17, 15) is 0 Å². The molecule has 1 heterocycles. The molecule has 20 heavy (non-hydrogen) atoms. The summed E-state index contributed by atoms with van der Waals surface area (Å²) in [6.45, 7) is 2.18. The van der Waals surface area contributed by atoms with E-state index in [4.69, 9.17) is 4.98 Å². The maximum atomic E-state index is 4.71. The molecule has 0 amide bonds. The van der Waals surface area contributed by atoms with Gasteiger partial charge in [0.05, 0.1) is 11.2 Å². The monoisotopic (exact) mass is 259 g/mol. The smallest absolute Gasteiger partial charge is 0.0709 e. The number of benzene rings is 2. The highest BCUT2D eigenvalue weighted by molar-refractivity contribution is 5.84. The summed E-state index contributed by atoms with van der Waals surface area (Å²) >= 11 is 0. The van der Waals surface area contributed by atoms with E-state index in [1.807, 2.05) is 18.2 Å². The molecule has 1 aromatic heterocycles. The Morgan fingerprint density at radius 2 is 1.65 bits per heavy atom. The number of hydrogen-bond donors (Lipinski definition) is 0. The van der Waals surface area contributed by atoms with Gasteiger partial charge in [-0.3, -0.25) is 0 Å². The fraction of sp³-hybridized carbons (Fsp3) is 0.105. The lowest BCUT2D eigenvalue weighted by Crippen LogP contribution is -1.86. The summed E-state index contributed by atoms with van der Waals surface area (Å²) in [6, 6.07) is 22.9. The van der Waals surface area contributed by atoms with E-state index < -0.39 is 0 Å². The molecule has 0 saturated carbocycles. The highest BCUT2D eigenvalue weighted by Crippen LogP contribution is 2.21. The van der Waals surface area contributed by atoms with Crippen LogP contribution in [0.5, 0.6) is 0 Å². The van der Waals surface area contributed by atoms with Crippen molar-refractivity contribution in [3.63, 3.8) is 0 Å². The summed E-state index contributed by atoms with van der Waals surface area (Å²) in [7, 11) is 0. The summed E-state index contributed by atoms with van der Waals surface area (Å²) in [5, 5.41) is 1.18.